The second-order valence-electron chi connectivity index (χ2n) is 5.87. The van der Waals surface area contributed by atoms with E-state index >= 15 is 0 Å². The molecule has 0 atom stereocenters. The van der Waals surface area contributed by atoms with Crippen molar-refractivity contribution in [3.8, 4) is 11.5 Å². The van der Waals surface area contributed by atoms with Crippen molar-refractivity contribution in [2.24, 2.45) is 0 Å². The summed E-state index contributed by atoms with van der Waals surface area (Å²) in [5, 5.41) is 0. The number of carbonyl (C=O) groups is 2. The van der Waals surface area contributed by atoms with Gasteiger partial charge in [0.25, 0.3) is 11.8 Å². The van der Waals surface area contributed by atoms with Crippen LogP contribution in [-0.4, -0.2) is 25.5 Å². The Labute approximate surface area is 163 Å². The number of hydrogen-bond acceptors (Lipinski definition) is 4. The maximum Gasteiger partial charge on any atom is 0.272 e. The predicted molar refractivity (Wildman–Crippen MR) is 104 cm³/mol. The molecule has 0 aliphatic rings. The monoisotopic (exact) mass is 386 g/mol. The van der Waals surface area contributed by atoms with Crippen molar-refractivity contribution in [3.05, 3.63) is 65.5 Å². The van der Waals surface area contributed by atoms with Crippen molar-refractivity contribution < 1.29 is 23.5 Å². The van der Waals surface area contributed by atoms with E-state index in [1.54, 1.807) is 31.4 Å². The minimum atomic E-state index is -0.741. The molecule has 2 aromatic rings. The van der Waals surface area contributed by atoms with Crippen LogP contribution in [0.5, 0.6) is 11.5 Å². The molecule has 6 nitrogen and oxygen atoms in total. The zero-order chi connectivity index (χ0) is 20.4. The topological polar surface area (TPSA) is 76.7 Å². The van der Waals surface area contributed by atoms with Gasteiger partial charge in [0.15, 0.2) is 11.5 Å². The highest BCUT2D eigenvalue weighted by Gasteiger charge is 2.10. The lowest BCUT2D eigenvalue weighted by atomic mass is 10.2. The molecular weight excluding hydrogens is 363 g/mol. The van der Waals surface area contributed by atoms with E-state index in [0.717, 1.165) is 18.4 Å². The number of hydrogen-bond donors (Lipinski definition) is 2. The molecule has 7 heteroatoms. The molecule has 0 bridgehead atoms. The number of carbonyl (C=O) groups excluding carboxylic acids is 2. The van der Waals surface area contributed by atoms with Crippen LogP contribution in [0.25, 0.3) is 6.08 Å². The van der Waals surface area contributed by atoms with Crippen LogP contribution in [0.3, 0.4) is 0 Å². The van der Waals surface area contributed by atoms with Gasteiger partial charge in [0.1, 0.15) is 5.82 Å². The summed E-state index contributed by atoms with van der Waals surface area (Å²) >= 11 is 0. The van der Waals surface area contributed by atoms with Crippen LogP contribution in [0.2, 0.25) is 0 Å². The molecule has 2 rings (SSSR count). The number of methoxy groups -OCH3 is 1. The zero-order valence-corrected chi connectivity index (χ0v) is 15.8. The van der Waals surface area contributed by atoms with E-state index in [-0.39, 0.29) is 5.56 Å². The highest BCUT2D eigenvalue weighted by molar-refractivity contribution is 5.98. The third-order valence-corrected chi connectivity index (χ3v) is 3.79. The number of nitrogens with one attached hydrogen (secondary N) is 2. The Morgan fingerprint density at radius 3 is 2.61 bits per heavy atom. The van der Waals surface area contributed by atoms with Crippen LogP contribution in [0.1, 0.15) is 35.7 Å². The van der Waals surface area contributed by atoms with Gasteiger partial charge in [-0.15, -0.1) is 0 Å². The average Bonchev–Trinajstić information content (AvgIpc) is 2.71. The first-order valence-corrected chi connectivity index (χ1v) is 8.89. The van der Waals surface area contributed by atoms with Crippen LogP contribution in [0.15, 0.2) is 48.5 Å². The minimum absolute atomic E-state index is 0.157. The van der Waals surface area contributed by atoms with Gasteiger partial charge in [-0.1, -0.05) is 31.5 Å². The fraction of sp³-hybridized carbons (Fsp3) is 0.238. The molecular formula is C21H23FN2O4. The first kappa shape index (κ1) is 21.0. The highest BCUT2D eigenvalue weighted by atomic mass is 19.1. The Morgan fingerprint density at radius 1 is 1.11 bits per heavy atom. The Balaban J connectivity index is 1.92. The molecule has 0 aromatic heterocycles. The van der Waals surface area contributed by atoms with E-state index in [0.29, 0.717) is 18.1 Å². The smallest absolute Gasteiger partial charge is 0.272 e. The van der Waals surface area contributed by atoms with E-state index in [4.69, 9.17) is 9.47 Å². The summed E-state index contributed by atoms with van der Waals surface area (Å²) in [7, 11) is 1.54. The van der Waals surface area contributed by atoms with Crippen molar-refractivity contribution in [1.82, 2.24) is 10.9 Å². The molecule has 2 amide bonds. The van der Waals surface area contributed by atoms with Gasteiger partial charge in [-0.25, -0.2) is 4.39 Å². The van der Waals surface area contributed by atoms with Crippen LogP contribution in [0.4, 0.5) is 4.39 Å². The van der Waals surface area contributed by atoms with Crippen molar-refractivity contribution in [2.45, 2.75) is 19.8 Å². The second kappa shape index (κ2) is 10.7. The molecule has 0 saturated carbocycles. The third kappa shape index (κ3) is 6.12. The van der Waals surface area contributed by atoms with E-state index in [1.807, 2.05) is 0 Å². The van der Waals surface area contributed by atoms with Gasteiger partial charge >= 0.3 is 0 Å². The largest absolute Gasteiger partial charge is 0.493 e. The van der Waals surface area contributed by atoms with Crippen molar-refractivity contribution in [2.75, 3.05) is 13.7 Å². The number of amides is 2. The SMILES string of the molecule is CCCCOc1ccc(/C=C/C(=O)NNC(=O)c2ccccc2F)cc1OC. The van der Waals surface area contributed by atoms with Crippen molar-refractivity contribution >= 4 is 17.9 Å². The zero-order valence-electron chi connectivity index (χ0n) is 15.8. The number of hydrazine groups is 1. The fourth-order valence-corrected chi connectivity index (χ4v) is 2.28. The normalized spacial score (nSPS) is 10.5. The van der Waals surface area contributed by atoms with Gasteiger partial charge in [0, 0.05) is 6.08 Å². The third-order valence-electron chi connectivity index (χ3n) is 3.79. The molecule has 0 unspecified atom stereocenters. The molecule has 0 aliphatic heterocycles. The van der Waals surface area contributed by atoms with Gasteiger partial charge in [-0.2, -0.15) is 0 Å². The van der Waals surface area contributed by atoms with Gasteiger partial charge in [-0.3, -0.25) is 20.4 Å². The summed E-state index contributed by atoms with van der Waals surface area (Å²) in [6, 6.07) is 10.8. The number of rotatable bonds is 8. The number of ether oxygens (including phenoxy) is 2. The van der Waals surface area contributed by atoms with Crippen molar-refractivity contribution in [3.63, 3.8) is 0 Å². The molecule has 28 heavy (non-hydrogen) atoms. The summed E-state index contributed by atoms with van der Waals surface area (Å²) in [6.07, 6.45) is 4.78. The molecule has 148 valence electrons. The van der Waals surface area contributed by atoms with Crippen LogP contribution < -0.4 is 20.3 Å². The standard InChI is InChI=1S/C21H23FN2O4/c1-3-4-13-28-18-11-9-15(14-19(18)27-2)10-12-20(25)23-24-21(26)16-7-5-6-8-17(16)22/h5-12,14H,3-4,13H2,1-2H3,(H,23,25)(H,24,26)/b12-10+. The summed E-state index contributed by atoms with van der Waals surface area (Å²) in [6.45, 7) is 2.68. The number of halogens is 1. The average molecular weight is 386 g/mol. The van der Waals surface area contributed by atoms with E-state index < -0.39 is 17.6 Å². The molecule has 2 aromatic carbocycles. The summed E-state index contributed by atoms with van der Waals surface area (Å²) in [4.78, 5) is 23.7. The predicted octanol–water partition coefficient (Wildman–Crippen LogP) is 3.49. The second-order valence-corrected chi connectivity index (χ2v) is 5.87. The summed E-state index contributed by atoms with van der Waals surface area (Å²) < 4.78 is 24.5. The highest BCUT2D eigenvalue weighted by Crippen LogP contribution is 2.28. The van der Waals surface area contributed by atoms with Crippen molar-refractivity contribution in [1.29, 1.82) is 0 Å². The lowest BCUT2D eigenvalue weighted by molar-refractivity contribution is -0.117. The van der Waals surface area contributed by atoms with Gasteiger partial charge in [0.2, 0.25) is 0 Å². The number of benzene rings is 2. The molecule has 2 N–H and O–H groups in total. The quantitative estimate of drug-likeness (QED) is 0.414. The lowest BCUT2D eigenvalue weighted by Gasteiger charge is -2.11. The molecule has 0 heterocycles. The summed E-state index contributed by atoms with van der Waals surface area (Å²) in [5.74, 6) is -0.777. The fourth-order valence-electron chi connectivity index (χ4n) is 2.28. The lowest BCUT2D eigenvalue weighted by Crippen LogP contribution is -2.41. The Bertz CT molecular complexity index is 852. The minimum Gasteiger partial charge on any atom is -0.493 e. The van der Waals surface area contributed by atoms with Gasteiger partial charge in [-0.05, 0) is 42.3 Å². The molecule has 0 aliphatic carbocycles. The first-order chi connectivity index (χ1) is 13.5. The Kier molecular flexibility index (Phi) is 8.02. The molecule has 0 radical (unpaired) electrons. The van der Waals surface area contributed by atoms with Crippen LogP contribution in [0, 0.1) is 5.82 Å². The molecule has 0 fully saturated rings. The summed E-state index contributed by atoms with van der Waals surface area (Å²) in [5.41, 5.74) is 4.93. The molecule has 0 spiro atoms. The number of unbranched alkanes of at least 4 members (excludes halogenated alkanes) is 1. The first-order valence-electron chi connectivity index (χ1n) is 8.89. The Hall–Kier alpha value is -3.35. The van der Waals surface area contributed by atoms with E-state index in [9.17, 15) is 14.0 Å². The van der Waals surface area contributed by atoms with E-state index in [2.05, 4.69) is 17.8 Å². The molecule has 0 saturated heterocycles. The van der Waals surface area contributed by atoms with E-state index in [1.165, 1.54) is 30.3 Å². The maximum absolute atomic E-state index is 13.5. The maximum atomic E-state index is 13.5. The van der Waals surface area contributed by atoms with Gasteiger partial charge < -0.3 is 9.47 Å². The van der Waals surface area contributed by atoms with Gasteiger partial charge in [0.05, 0.1) is 19.3 Å². The van der Waals surface area contributed by atoms with Crippen LogP contribution >= 0.6 is 0 Å². The van der Waals surface area contributed by atoms with Crippen LogP contribution in [-0.2, 0) is 4.79 Å². The Morgan fingerprint density at radius 2 is 1.89 bits per heavy atom.